The Labute approximate surface area is 141 Å². The largest absolute Gasteiger partial charge is 0.381 e. The minimum absolute atomic E-state index is 0.0514. The average molecular weight is 325 g/mol. The van der Waals surface area contributed by atoms with Gasteiger partial charge in [-0.15, -0.1) is 0 Å². The van der Waals surface area contributed by atoms with Crippen molar-refractivity contribution in [2.75, 3.05) is 41.0 Å². The van der Waals surface area contributed by atoms with Gasteiger partial charge in [0.2, 0.25) is 0 Å². The van der Waals surface area contributed by atoms with Gasteiger partial charge in [-0.3, -0.25) is 4.99 Å². The van der Waals surface area contributed by atoms with E-state index >= 15 is 0 Å². The van der Waals surface area contributed by atoms with Gasteiger partial charge in [0.05, 0.1) is 5.60 Å². The van der Waals surface area contributed by atoms with Crippen LogP contribution in [-0.2, 0) is 9.47 Å². The van der Waals surface area contributed by atoms with Crippen LogP contribution in [0.1, 0.15) is 46.5 Å². The van der Waals surface area contributed by atoms with Crippen molar-refractivity contribution < 1.29 is 9.47 Å². The Morgan fingerprint density at radius 3 is 2.48 bits per heavy atom. The maximum Gasteiger partial charge on any atom is 0.193 e. The van der Waals surface area contributed by atoms with Crippen LogP contribution in [0, 0.1) is 11.3 Å². The summed E-state index contributed by atoms with van der Waals surface area (Å²) in [6, 6.07) is 0.400. The van der Waals surface area contributed by atoms with Crippen molar-refractivity contribution >= 4 is 5.96 Å². The fourth-order valence-corrected chi connectivity index (χ4v) is 3.74. The smallest absolute Gasteiger partial charge is 0.193 e. The van der Waals surface area contributed by atoms with Crippen molar-refractivity contribution in [3.05, 3.63) is 0 Å². The molecule has 5 nitrogen and oxygen atoms in total. The Balaban J connectivity index is 1.83. The second kappa shape index (κ2) is 7.39. The molecule has 2 atom stereocenters. The summed E-state index contributed by atoms with van der Waals surface area (Å²) in [5.41, 5.74) is 0.0451. The van der Waals surface area contributed by atoms with Crippen LogP contribution in [-0.4, -0.2) is 63.5 Å². The normalized spacial score (nSPS) is 31.6. The molecule has 2 fully saturated rings. The fourth-order valence-electron chi connectivity index (χ4n) is 3.74. The Bertz CT molecular complexity index is 418. The lowest BCUT2D eigenvalue weighted by Gasteiger charge is -2.59. The fraction of sp³-hybridized carbons (Fsp3) is 0.944. The molecule has 2 rings (SSSR count). The third-order valence-corrected chi connectivity index (χ3v) is 6.37. The molecule has 0 bridgehead atoms. The number of nitrogens with one attached hydrogen (secondary N) is 1. The first-order valence-electron chi connectivity index (χ1n) is 8.91. The van der Waals surface area contributed by atoms with Crippen molar-refractivity contribution in [2.24, 2.45) is 16.3 Å². The minimum Gasteiger partial charge on any atom is -0.381 e. The molecular weight excluding hydrogens is 290 g/mol. The highest BCUT2D eigenvalue weighted by Gasteiger charge is 2.58. The molecule has 5 heteroatoms. The second-order valence-electron chi connectivity index (χ2n) is 7.87. The number of aliphatic imine (C=N–C) groups is 1. The number of rotatable bonds is 5. The highest BCUT2D eigenvalue weighted by molar-refractivity contribution is 5.80. The van der Waals surface area contributed by atoms with Gasteiger partial charge in [-0.25, -0.2) is 0 Å². The SMILES string of the molecule is CN=C(NC1CC(C)(OC)C1(C)C)N(C)CCC1CCOCC1. The number of nitrogens with zero attached hydrogens (tertiary/aromatic N) is 2. The zero-order valence-corrected chi connectivity index (χ0v) is 15.8. The van der Waals surface area contributed by atoms with Crippen LogP contribution >= 0.6 is 0 Å². The van der Waals surface area contributed by atoms with Crippen molar-refractivity contribution in [3.63, 3.8) is 0 Å². The molecular formula is C18H35N3O2. The molecule has 0 aromatic carbocycles. The lowest BCUT2D eigenvalue weighted by Crippen LogP contribution is -2.69. The zero-order chi connectivity index (χ0) is 17.1. The van der Waals surface area contributed by atoms with Crippen molar-refractivity contribution in [1.29, 1.82) is 0 Å². The Hall–Kier alpha value is -0.810. The van der Waals surface area contributed by atoms with E-state index in [2.05, 4.69) is 43.0 Å². The third-order valence-electron chi connectivity index (χ3n) is 6.37. The van der Waals surface area contributed by atoms with E-state index in [0.717, 1.165) is 38.1 Å². The lowest BCUT2D eigenvalue weighted by molar-refractivity contribution is -0.176. The molecule has 1 saturated heterocycles. The van der Waals surface area contributed by atoms with E-state index in [1.165, 1.54) is 19.3 Å². The molecule has 0 aromatic rings. The molecule has 0 radical (unpaired) electrons. The lowest BCUT2D eigenvalue weighted by atomic mass is 9.56. The summed E-state index contributed by atoms with van der Waals surface area (Å²) >= 11 is 0. The second-order valence-corrected chi connectivity index (χ2v) is 7.87. The molecule has 1 saturated carbocycles. The molecule has 2 aliphatic rings. The zero-order valence-electron chi connectivity index (χ0n) is 15.8. The van der Waals surface area contributed by atoms with Gasteiger partial charge in [-0.1, -0.05) is 13.8 Å². The summed E-state index contributed by atoms with van der Waals surface area (Å²) in [6.45, 7) is 9.63. The molecule has 1 aliphatic carbocycles. The molecule has 134 valence electrons. The average Bonchev–Trinajstić information content (AvgIpc) is 2.56. The summed E-state index contributed by atoms with van der Waals surface area (Å²) in [4.78, 5) is 6.74. The van der Waals surface area contributed by atoms with Crippen LogP contribution in [0.4, 0.5) is 0 Å². The third kappa shape index (κ3) is 3.82. The number of ether oxygens (including phenoxy) is 2. The number of guanidine groups is 1. The van der Waals surface area contributed by atoms with E-state index in [1.54, 1.807) is 0 Å². The predicted molar refractivity (Wildman–Crippen MR) is 94.9 cm³/mol. The van der Waals surface area contributed by atoms with E-state index < -0.39 is 0 Å². The van der Waals surface area contributed by atoms with Gasteiger partial charge in [-0.05, 0) is 38.5 Å². The first-order valence-corrected chi connectivity index (χ1v) is 8.91. The Morgan fingerprint density at radius 2 is 1.96 bits per heavy atom. The maximum atomic E-state index is 5.72. The van der Waals surface area contributed by atoms with Gasteiger partial charge in [0, 0.05) is 52.4 Å². The summed E-state index contributed by atoms with van der Waals surface area (Å²) in [5.74, 6) is 1.79. The predicted octanol–water partition coefficient (Wildman–Crippen LogP) is 2.51. The monoisotopic (exact) mass is 325 g/mol. The van der Waals surface area contributed by atoms with Crippen LogP contribution in [0.5, 0.6) is 0 Å². The highest BCUT2D eigenvalue weighted by Crippen LogP contribution is 2.51. The highest BCUT2D eigenvalue weighted by atomic mass is 16.5. The summed E-state index contributed by atoms with van der Waals surface area (Å²) in [5, 5.41) is 3.64. The molecule has 0 amide bonds. The molecule has 1 N–H and O–H groups in total. The number of hydrogen-bond donors (Lipinski definition) is 1. The Morgan fingerprint density at radius 1 is 1.30 bits per heavy atom. The van der Waals surface area contributed by atoms with Crippen LogP contribution in [0.3, 0.4) is 0 Å². The molecule has 0 aromatic heterocycles. The van der Waals surface area contributed by atoms with E-state index in [4.69, 9.17) is 9.47 Å². The van der Waals surface area contributed by atoms with Gasteiger partial charge in [0.25, 0.3) is 0 Å². The van der Waals surface area contributed by atoms with Gasteiger partial charge < -0.3 is 19.7 Å². The molecule has 2 unspecified atom stereocenters. The van der Waals surface area contributed by atoms with Gasteiger partial charge >= 0.3 is 0 Å². The number of methoxy groups -OCH3 is 1. The molecule has 0 spiro atoms. The van der Waals surface area contributed by atoms with Crippen molar-refractivity contribution in [2.45, 2.75) is 58.1 Å². The first kappa shape index (κ1) is 18.5. The summed E-state index contributed by atoms with van der Waals surface area (Å²) < 4.78 is 11.2. The Kier molecular flexibility index (Phi) is 5.95. The summed E-state index contributed by atoms with van der Waals surface area (Å²) in [6.07, 6.45) is 4.62. The van der Waals surface area contributed by atoms with E-state index in [1.807, 2.05) is 14.2 Å². The van der Waals surface area contributed by atoms with Gasteiger partial charge in [-0.2, -0.15) is 0 Å². The minimum atomic E-state index is -0.0514. The maximum absolute atomic E-state index is 5.72. The van der Waals surface area contributed by atoms with Crippen LogP contribution in [0.15, 0.2) is 4.99 Å². The molecule has 1 heterocycles. The van der Waals surface area contributed by atoms with E-state index in [-0.39, 0.29) is 11.0 Å². The van der Waals surface area contributed by atoms with Crippen molar-refractivity contribution in [1.82, 2.24) is 10.2 Å². The quantitative estimate of drug-likeness (QED) is 0.623. The molecule has 23 heavy (non-hydrogen) atoms. The molecule has 1 aliphatic heterocycles. The first-order chi connectivity index (χ1) is 10.8. The van der Waals surface area contributed by atoms with Crippen LogP contribution < -0.4 is 5.32 Å². The van der Waals surface area contributed by atoms with Gasteiger partial charge in [0.1, 0.15) is 0 Å². The topological polar surface area (TPSA) is 46.1 Å². The van der Waals surface area contributed by atoms with Gasteiger partial charge in [0.15, 0.2) is 5.96 Å². The van der Waals surface area contributed by atoms with Crippen LogP contribution in [0.25, 0.3) is 0 Å². The summed E-state index contributed by atoms with van der Waals surface area (Å²) in [7, 11) is 5.82. The van der Waals surface area contributed by atoms with Crippen LogP contribution in [0.2, 0.25) is 0 Å². The van der Waals surface area contributed by atoms with E-state index in [0.29, 0.717) is 6.04 Å². The standard InChI is InChI=1S/C18H35N3O2/c1-17(2)15(13-18(17,3)22-6)20-16(19-4)21(5)10-7-14-8-11-23-12-9-14/h14-15H,7-13H2,1-6H3,(H,19,20). The number of hydrogen-bond acceptors (Lipinski definition) is 3. The van der Waals surface area contributed by atoms with Crippen molar-refractivity contribution in [3.8, 4) is 0 Å². The van der Waals surface area contributed by atoms with E-state index in [9.17, 15) is 0 Å².